The van der Waals surface area contributed by atoms with E-state index in [1.807, 2.05) is 0 Å². The van der Waals surface area contributed by atoms with Gasteiger partial charge in [0.05, 0.1) is 19.8 Å². The minimum absolute atomic E-state index is 0.306. The highest BCUT2D eigenvalue weighted by atomic mass is 16.7. The molecule has 0 radical (unpaired) electrons. The van der Waals surface area contributed by atoms with Gasteiger partial charge in [0.1, 0.15) is 30.5 Å². The number of unbranched alkanes of at least 4 members (excludes halogenated alkanes) is 2. The first-order valence-electron chi connectivity index (χ1n) is 8.21. The number of carbonyl (C=O) groups is 1. The quantitative estimate of drug-likeness (QED) is 0.220. The van der Waals surface area contributed by atoms with Crippen molar-refractivity contribution in [1.29, 1.82) is 0 Å². The number of aliphatic hydroxyl groups is 6. The molecule has 0 amide bonds. The van der Waals surface area contributed by atoms with E-state index in [2.05, 4.69) is 6.92 Å². The van der Waals surface area contributed by atoms with Gasteiger partial charge in [-0.3, -0.25) is 4.79 Å². The normalized spacial score (nSPS) is 30.3. The van der Waals surface area contributed by atoms with Crippen LogP contribution in [-0.4, -0.2) is 98.3 Å². The lowest BCUT2D eigenvalue weighted by Gasteiger charge is -2.39. The molecule has 0 bridgehead atoms. The van der Waals surface area contributed by atoms with Gasteiger partial charge in [0.15, 0.2) is 6.29 Å². The number of carboxylic acids is 1. The van der Waals surface area contributed by atoms with Gasteiger partial charge in [-0.05, 0) is 6.42 Å². The van der Waals surface area contributed by atoms with Crippen molar-refractivity contribution in [1.82, 2.24) is 0 Å². The van der Waals surface area contributed by atoms with Crippen LogP contribution in [0.25, 0.3) is 0 Å². The fourth-order valence-corrected chi connectivity index (χ4v) is 1.99. The van der Waals surface area contributed by atoms with E-state index in [0.717, 1.165) is 19.3 Å². The summed E-state index contributed by atoms with van der Waals surface area (Å²) in [5, 5.41) is 63.0. The molecule has 0 saturated carbocycles. The number of hydrogen-bond acceptors (Lipinski definition) is 9. The molecule has 1 aliphatic rings. The largest absolute Gasteiger partial charge is 0.481 e. The summed E-state index contributed by atoms with van der Waals surface area (Å²) in [5.74, 6) is -0.682. The first kappa shape index (κ1) is 24.1. The van der Waals surface area contributed by atoms with Crippen LogP contribution in [0.1, 0.15) is 32.6 Å². The summed E-state index contributed by atoms with van der Waals surface area (Å²) in [5.41, 5.74) is 0. The Labute approximate surface area is 146 Å². The molecule has 1 aliphatic heterocycles. The molecule has 0 aromatic heterocycles. The molecule has 1 fully saturated rings. The van der Waals surface area contributed by atoms with E-state index in [1.54, 1.807) is 0 Å². The fourth-order valence-electron chi connectivity index (χ4n) is 1.99. The third-order valence-electron chi connectivity index (χ3n) is 3.51. The summed E-state index contributed by atoms with van der Waals surface area (Å²) in [4.78, 5) is 9.87. The van der Waals surface area contributed by atoms with E-state index in [1.165, 1.54) is 0 Å². The molecular formula is C15H30O10. The number of hydrogen-bond donors (Lipinski definition) is 7. The van der Waals surface area contributed by atoms with Crippen LogP contribution < -0.4 is 0 Å². The maximum atomic E-state index is 9.87. The van der Waals surface area contributed by atoms with Crippen LogP contribution in [0.15, 0.2) is 0 Å². The molecule has 1 heterocycles. The zero-order valence-corrected chi connectivity index (χ0v) is 14.3. The maximum Gasteiger partial charge on any atom is 0.303 e. The molecule has 10 nitrogen and oxygen atoms in total. The van der Waals surface area contributed by atoms with Crippen molar-refractivity contribution in [2.45, 2.75) is 69.4 Å². The van der Waals surface area contributed by atoms with E-state index in [4.69, 9.17) is 29.9 Å². The molecule has 25 heavy (non-hydrogen) atoms. The van der Waals surface area contributed by atoms with Crippen molar-refractivity contribution < 1.29 is 50.0 Å². The van der Waals surface area contributed by atoms with E-state index < -0.39 is 56.0 Å². The van der Waals surface area contributed by atoms with E-state index in [0.29, 0.717) is 6.42 Å². The number of rotatable bonds is 9. The van der Waals surface area contributed by atoms with Gasteiger partial charge in [0.25, 0.3) is 0 Å². The third kappa shape index (κ3) is 9.42. The minimum atomic E-state index is -1.52. The molecule has 1 rings (SSSR count). The molecule has 2 unspecified atom stereocenters. The zero-order chi connectivity index (χ0) is 19.4. The summed E-state index contributed by atoms with van der Waals surface area (Å²) in [6.07, 6.45) is -4.66. The van der Waals surface area contributed by atoms with Crippen LogP contribution in [-0.2, 0) is 14.3 Å². The van der Waals surface area contributed by atoms with E-state index in [9.17, 15) is 20.1 Å². The second kappa shape index (κ2) is 13.4. The van der Waals surface area contributed by atoms with Gasteiger partial charge in [0.2, 0.25) is 0 Å². The van der Waals surface area contributed by atoms with Crippen molar-refractivity contribution in [2.75, 3.05) is 19.8 Å². The molecular weight excluding hydrogens is 340 g/mol. The Morgan fingerprint density at radius 1 is 1.12 bits per heavy atom. The van der Waals surface area contributed by atoms with Crippen molar-refractivity contribution >= 4 is 5.97 Å². The van der Waals surface area contributed by atoms with Gasteiger partial charge in [-0.15, -0.1) is 0 Å². The lowest BCUT2D eigenvalue weighted by Crippen LogP contribution is -2.59. The van der Waals surface area contributed by atoms with Crippen molar-refractivity contribution in [3.63, 3.8) is 0 Å². The van der Waals surface area contributed by atoms with Gasteiger partial charge in [0, 0.05) is 6.42 Å². The van der Waals surface area contributed by atoms with Crippen LogP contribution in [0.4, 0.5) is 0 Å². The van der Waals surface area contributed by atoms with Crippen LogP contribution in [0, 0.1) is 0 Å². The summed E-state index contributed by atoms with van der Waals surface area (Å²) >= 11 is 0. The average Bonchev–Trinajstić information content (AvgIpc) is 2.59. The van der Waals surface area contributed by atoms with Crippen LogP contribution in [0.5, 0.6) is 0 Å². The third-order valence-corrected chi connectivity index (χ3v) is 3.51. The molecule has 10 heteroatoms. The lowest BCUT2D eigenvalue weighted by molar-refractivity contribution is -0.304. The smallest absolute Gasteiger partial charge is 0.303 e. The van der Waals surface area contributed by atoms with Crippen molar-refractivity contribution in [3.05, 3.63) is 0 Å². The van der Waals surface area contributed by atoms with E-state index >= 15 is 0 Å². The summed E-state index contributed by atoms with van der Waals surface area (Å²) in [7, 11) is 0. The molecule has 7 N–H and O–H groups in total. The Kier molecular flexibility index (Phi) is 12.9. The maximum absolute atomic E-state index is 9.87. The van der Waals surface area contributed by atoms with Crippen LogP contribution in [0.2, 0.25) is 0 Å². The number of carboxylic acid groups (broad SMARTS) is 1. The first-order valence-corrected chi connectivity index (χ1v) is 8.21. The zero-order valence-electron chi connectivity index (χ0n) is 14.3. The SMILES string of the molecule is CCCCCC(=O)O.OCC(O)COC1O[C@H](CO)[C@H](O)[C@H](O)[C@H]1O. The molecule has 0 spiro atoms. The minimum Gasteiger partial charge on any atom is -0.481 e. The number of aliphatic carboxylic acids is 1. The molecule has 0 aliphatic carbocycles. The highest BCUT2D eigenvalue weighted by molar-refractivity contribution is 5.66. The molecule has 6 atom stereocenters. The molecule has 0 aromatic carbocycles. The summed E-state index contributed by atoms with van der Waals surface area (Å²) in [6.45, 7) is 0.686. The molecule has 1 saturated heterocycles. The highest BCUT2D eigenvalue weighted by Crippen LogP contribution is 2.21. The Balaban J connectivity index is 0.000000609. The topological polar surface area (TPSA) is 177 Å². The van der Waals surface area contributed by atoms with Crippen molar-refractivity contribution in [3.8, 4) is 0 Å². The standard InChI is InChI=1S/C9H18O8.C6H12O2/c10-1-4(12)3-16-9-8(15)7(14)6(13)5(2-11)17-9;1-2-3-4-5-6(7)8/h4-15H,1-3H2;2-5H2,1H3,(H,7,8)/t4?,5-,6+,7+,8-,9?;/m1./s1. The fraction of sp³-hybridized carbons (Fsp3) is 0.933. The average molecular weight is 370 g/mol. The Morgan fingerprint density at radius 2 is 1.76 bits per heavy atom. The monoisotopic (exact) mass is 370 g/mol. The second-order valence-corrected chi connectivity index (χ2v) is 5.72. The predicted molar refractivity (Wildman–Crippen MR) is 84.6 cm³/mol. The van der Waals surface area contributed by atoms with Gasteiger partial charge < -0.3 is 45.2 Å². The molecule has 150 valence electrons. The number of ether oxygens (including phenoxy) is 2. The first-order chi connectivity index (χ1) is 11.8. The Hall–Kier alpha value is -0.850. The summed E-state index contributed by atoms with van der Waals surface area (Å²) in [6, 6.07) is 0. The Bertz CT molecular complexity index is 351. The second-order valence-electron chi connectivity index (χ2n) is 5.72. The van der Waals surface area contributed by atoms with Gasteiger partial charge in [-0.2, -0.15) is 0 Å². The van der Waals surface area contributed by atoms with Crippen molar-refractivity contribution in [2.24, 2.45) is 0 Å². The molecule has 0 aromatic rings. The summed E-state index contributed by atoms with van der Waals surface area (Å²) < 4.78 is 9.93. The lowest BCUT2D eigenvalue weighted by atomic mass is 9.99. The van der Waals surface area contributed by atoms with Gasteiger partial charge in [-0.1, -0.05) is 19.8 Å². The number of aliphatic hydroxyl groups excluding tert-OH is 6. The highest BCUT2D eigenvalue weighted by Gasteiger charge is 2.44. The van der Waals surface area contributed by atoms with Gasteiger partial charge in [-0.25, -0.2) is 0 Å². The Morgan fingerprint density at radius 3 is 2.24 bits per heavy atom. The van der Waals surface area contributed by atoms with Gasteiger partial charge >= 0.3 is 5.97 Å². The predicted octanol–water partition coefficient (Wildman–Crippen LogP) is -2.19. The van der Waals surface area contributed by atoms with E-state index in [-0.39, 0.29) is 6.61 Å². The van der Waals surface area contributed by atoms with Crippen LogP contribution in [0.3, 0.4) is 0 Å². The van der Waals surface area contributed by atoms with Crippen LogP contribution >= 0.6 is 0 Å².